The number of anilines is 1. The second kappa shape index (κ2) is 10.0. The zero-order chi connectivity index (χ0) is 15.5. The lowest BCUT2D eigenvalue weighted by molar-refractivity contribution is 0.0686. The highest BCUT2D eigenvalue weighted by molar-refractivity contribution is 5.99. The highest BCUT2D eigenvalue weighted by Gasteiger charge is 2.09. The topological polar surface area (TPSA) is 82.8 Å². The fraction of sp³-hybridized carbons (Fsp3) is 0.533. The molecular formula is C15H24N2O4. The van der Waals surface area contributed by atoms with Crippen molar-refractivity contribution in [2.75, 3.05) is 46.3 Å². The van der Waals surface area contributed by atoms with E-state index < -0.39 is 0 Å². The van der Waals surface area contributed by atoms with Crippen LogP contribution in [0.5, 0.6) is 5.75 Å². The summed E-state index contributed by atoms with van der Waals surface area (Å²) < 4.78 is 15.3. The highest BCUT2D eigenvalue weighted by atomic mass is 16.5. The number of benzene rings is 1. The number of unbranched alkanes of at least 4 members (excludes halogenated alkanes) is 1. The summed E-state index contributed by atoms with van der Waals surface area (Å²) in [7, 11) is 3.20. The molecule has 0 aliphatic carbocycles. The fourth-order valence-corrected chi connectivity index (χ4v) is 1.75. The second-order valence-corrected chi connectivity index (χ2v) is 4.52. The van der Waals surface area contributed by atoms with Gasteiger partial charge in [-0.3, -0.25) is 4.79 Å². The molecule has 1 aromatic rings. The standard InChI is InChI=1S/C15H24N2O4/c1-19-9-10-21-8-4-3-7-17-15(18)13-6-5-12(20-2)11-14(13)16/h5-6,11H,3-4,7-10,16H2,1-2H3,(H,17,18). The van der Waals surface area contributed by atoms with Crippen LogP contribution in [-0.4, -0.2) is 46.5 Å². The normalized spacial score (nSPS) is 10.4. The van der Waals surface area contributed by atoms with Crippen LogP contribution in [0.1, 0.15) is 23.2 Å². The van der Waals surface area contributed by atoms with Crippen molar-refractivity contribution in [3.63, 3.8) is 0 Å². The van der Waals surface area contributed by atoms with Crippen LogP contribution in [0.15, 0.2) is 18.2 Å². The minimum absolute atomic E-state index is 0.171. The third-order valence-electron chi connectivity index (χ3n) is 2.94. The van der Waals surface area contributed by atoms with E-state index in [4.69, 9.17) is 19.9 Å². The molecule has 0 aliphatic heterocycles. The Morgan fingerprint density at radius 1 is 1.19 bits per heavy atom. The first-order chi connectivity index (χ1) is 10.2. The van der Waals surface area contributed by atoms with Crippen molar-refractivity contribution in [2.24, 2.45) is 0 Å². The molecule has 0 saturated heterocycles. The Morgan fingerprint density at radius 2 is 2.00 bits per heavy atom. The van der Waals surface area contributed by atoms with Gasteiger partial charge in [0, 0.05) is 32.0 Å². The molecule has 6 heteroatoms. The lowest BCUT2D eigenvalue weighted by atomic mass is 10.1. The average molecular weight is 296 g/mol. The highest BCUT2D eigenvalue weighted by Crippen LogP contribution is 2.19. The van der Waals surface area contributed by atoms with Crippen LogP contribution in [0.4, 0.5) is 5.69 Å². The molecule has 1 rings (SSSR count). The van der Waals surface area contributed by atoms with Crippen molar-refractivity contribution in [2.45, 2.75) is 12.8 Å². The Hall–Kier alpha value is -1.79. The quantitative estimate of drug-likeness (QED) is 0.504. The first kappa shape index (κ1) is 17.3. The molecule has 0 heterocycles. The molecule has 0 unspecified atom stereocenters. The fourth-order valence-electron chi connectivity index (χ4n) is 1.75. The van der Waals surface area contributed by atoms with Crippen LogP contribution in [0.3, 0.4) is 0 Å². The Morgan fingerprint density at radius 3 is 2.67 bits per heavy atom. The average Bonchev–Trinajstić information content (AvgIpc) is 2.49. The summed E-state index contributed by atoms with van der Waals surface area (Å²) in [4.78, 5) is 12.0. The number of carbonyl (C=O) groups excluding carboxylic acids is 1. The minimum Gasteiger partial charge on any atom is -0.497 e. The van der Waals surface area contributed by atoms with Crippen LogP contribution in [0.2, 0.25) is 0 Å². The zero-order valence-electron chi connectivity index (χ0n) is 12.7. The number of methoxy groups -OCH3 is 2. The molecule has 6 nitrogen and oxygen atoms in total. The lowest BCUT2D eigenvalue weighted by Crippen LogP contribution is -2.25. The van der Waals surface area contributed by atoms with E-state index in [2.05, 4.69) is 5.32 Å². The van der Waals surface area contributed by atoms with E-state index >= 15 is 0 Å². The Labute approximate surface area is 125 Å². The zero-order valence-corrected chi connectivity index (χ0v) is 12.7. The number of nitrogens with two attached hydrogens (primary N) is 1. The Bertz CT molecular complexity index is 438. The number of rotatable bonds is 10. The van der Waals surface area contributed by atoms with E-state index in [1.54, 1.807) is 32.4 Å². The van der Waals surface area contributed by atoms with Gasteiger partial charge in [0.2, 0.25) is 0 Å². The minimum atomic E-state index is -0.171. The maximum atomic E-state index is 12.0. The van der Waals surface area contributed by atoms with Gasteiger partial charge in [-0.15, -0.1) is 0 Å². The summed E-state index contributed by atoms with van der Waals surface area (Å²) in [6.07, 6.45) is 1.75. The predicted molar refractivity (Wildman–Crippen MR) is 81.7 cm³/mol. The molecule has 0 bridgehead atoms. The summed E-state index contributed by atoms with van der Waals surface area (Å²) in [6.45, 7) is 2.47. The van der Waals surface area contributed by atoms with Gasteiger partial charge in [0.1, 0.15) is 5.75 Å². The van der Waals surface area contributed by atoms with E-state index in [0.29, 0.717) is 43.4 Å². The van der Waals surface area contributed by atoms with E-state index in [9.17, 15) is 4.79 Å². The van der Waals surface area contributed by atoms with Gasteiger partial charge < -0.3 is 25.3 Å². The largest absolute Gasteiger partial charge is 0.497 e. The van der Waals surface area contributed by atoms with Crippen molar-refractivity contribution in [1.29, 1.82) is 0 Å². The molecule has 0 aliphatic rings. The monoisotopic (exact) mass is 296 g/mol. The maximum Gasteiger partial charge on any atom is 0.253 e. The molecule has 0 spiro atoms. The van der Waals surface area contributed by atoms with Gasteiger partial charge in [0.15, 0.2) is 0 Å². The molecule has 0 fully saturated rings. The number of carbonyl (C=O) groups is 1. The molecule has 1 aromatic carbocycles. The van der Waals surface area contributed by atoms with Gasteiger partial charge in [-0.05, 0) is 25.0 Å². The predicted octanol–water partition coefficient (Wildman–Crippen LogP) is 1.45. The van der Waals surface area contributed by atoms with Gasteiger partial charge in [-0.25, -0.2) is 0 Å². The third kappa shape index (κ3) is 6.46. The number of nitrogens with one attached hydrogen (secondary N) is 1. The second-order valence-electron chi connectivity index (χ2n) is 4.52. The number of ether oxygens (including phenoxy) is 3. The first-order valence-corrected chi connectivity index (χ1v) is 6.97. The van der Waals surface area contributed by atoms with Gasteiger partial charge in [0.25, 0.3) is 5.91 Å². The van der Waals surface area contributed by atoms with Gasteiger partial charge in [-0.2, -0.15) is 0 Å². The smallest absolute Gasteiger partial charge is 0.253 e. The van der Waals surface area contributed by atoms with E-state index in [-0.39, 0.29) is 5.91 Å². The number of nitrogen functional groups attached to an aromatic ring is 1. The lowest BCUT2D eigenvalue weighted by Gasteiger charge is -2.09. The van der Waals surface area contributed by atoms with Crippen molar-refractivity contribution in [1.82, 2.24) is 5.32 Å². The molecule has 3 N–H and O–H groups in total. The molecular weight excluding hydrogens is 272 g/mol. The molecule has 0 radical (unpaired) electrons. The molecule has 1 amide bonds. The first-order valence-electron chi connectivity index (χ1n) is 6.97. The Kier molecular flexibility index (Phi) is 8.23. The van der Waals surface area contributed by atoms with Crippen molar-refractivity contribution < 1.29 is 19.0 Å². The molecule has 118 valence electrons. The molecule has 0 atom stereocenters. The van der Waals surface area contributed by atoms with E-state index in [0.717, 1.165) is 12.8 Å². The summed E-state index contributed by atoms with van der Waals surface area (Å²) in [5.74, 6) is 0.465. The molecule has 0 aromatic heterocycles. The van der Waals surface area contributed by atoms with Crippen LogP contribution in [0.25, 0.3) is 0 Å². The molecule has 0 saturated carbocycles. The number of amides is 1. The van der Waals surface area contributed by atoms with Crippen LogP contribution >= 0.6 is 0 Å². The summed E-state index contributed by atoms with van der Waals surface area (Å²) in [5, 5.41) is 2.84. The number of hydrogen-bond donors (Lipinski definition) is 2. The van der Waals surface area contributed by atoms with Gasteiger partial charge in [-0.1, -0.05) is 0 Å². The van der Waals surface area contributed by atoms with Crippen LogP contribution in [0, 0.1) is 0 Å². The summed E-state index contributed by atoms with van der Waals surface area (Å²) in [5.41, 5.74) is 6.70. The number of hydrogen-bond acceptors (Lipinski definition) is 5. The van der Waals surface area contributed by atoms with Gasteiger partial charge >= 0.3 is 0 Å². The third-order valence-corrected chi connectivity index (χ3v) is 2.94. The van der Waals surface area contributed by atoms with Gasteiger partial charge in [0.05, 0.1) is 25.9 Å². The van der Waals surface area contributed by atoms with Crippen molar-refractivity contribution >= 4 is 11.6 Å². The summed E-state index contributed by atoms with van der Waals surface area (Å²) in [6, 6.07) is 5.02. The Balaban J connectivity index is 2.22. The van der Waals surface area contributed by atoms with E-state index in [1.807, 2.05) is 0 Å². The van der Waals surface area contributed by atoms with Crippen molar-refractivity contribution in [3.05, 3.63) is 23.8 Å². The van der Waals surface area contributed by atoms with Crippen LogP contribution < -0.4 is 15.8 Å². The maximum absolute atomic E-state index is 12.0. The SMILES string of the molecule is COCCOCCCCNC(=O)c1ccc(OC)cc1N. The van der Waals surface area contributed by atoms with E-state index in [1.165, 1.54) is 0 Å². The summed E-state index contributed by atoms with van der Waals surface area (Å²) >= 11 is 0. The molecule has 21 heavy (non-hydrogen) atoms. The van der Waals surface area contributed by atoms with Crippen LogP contribution in [-0.2, 0) is 9.47 Å². The van der Waals surface area contributed by atoms with Crippen molar-refractivity contribution in [3.8, 4) is 5.75 Å².